The van der Waals surface area contributed by atoms with Crippen LogP contribution in [0.2, 0.25) is 0 Å². The molecule has 0 spiro atoms. The van der Waals surface area contributed by atoms with Crippen LogP contribution in [0, 0.1) is 0 Å². The Morgan fingerprint density at radius 3 is 2.67 bits per heavy atom. The maximum atomic E-state index is 5.87. The Kier molecular flexibility index (Phi) is 8.64. The quantitative estimate of drug-likeness (QED) is 0.631. The molecule has 0 radical (unpaired) electrons. The van der Waals surface area contributed by atoms with Crippen LogP contribution in [0.15, 0.2) is 0 Å². The van der Waals surface area contributed by atoms with E-state index in [-0.39, 0.29) is 0 Å². The molecule has 0 bridgehead atoms. The Labute approximate surface area is 113 Å². The van der Waals surface area contributed by atoms with Crippen LogP contribution in [-0.4, -0.2) is 62.3 Å². The van der Waals surface area contributed by atoms with E-state index < -0.39 is 0 Å². The van der Waals surface area contributed by atoms with Crippen molar-refractivity contribution in [3.63, 3.8) is 0 Å². The summed E-state index contributed by atoms with van der Waals surface area (Å²) in [5.41, 5.74) is 0. The highest BCUT2D eigenvalue weighted by Gasteiger charge is 2.19. The average Bonchev–Trinajstić information content (AvgIpc) is 2.41. The van der Waals surface area contributed by atoms with Gasteiger partial charge in [-0.3, -0.25) is 4.90 Å². The van der Waals surface area contributed by atoms with E-state index in [0.29, 0.717) is 6.10 Å². The summed E-state index contributed by atoms with van der Waals surface area (Å²) in [6.45, 7) is 11.4. The first-order valence-corrected chi connectivity index (χ1v) is 7.78. The van der Waals surface area contributed by atoms with Crippen molar-refractivity contribution in [2.24, 2.45) is 0 Å². The highest BCUT2D eigenvalue weighted by atomic mass is 16.5. The van der Waals surface area contributed by atoms with E-state index in [4.69, 9.17) is 4.74 Å². The van der Waals surface area contributed by atoms with Gasteiger partial charge in [0, 0.05) is 19.6 Å². The third-order valence-electron chi connectivity index (χ3n) is 3.78. The summed E-state index contributed by atoms with van der Waals surface area (Å²) in [4.78, 5) is 5.02. The Morgan fingerprint density at radius 2 is 1.94 bits per heavy atom. The number of hydrogen-bond donors (Lipinski definition) is 0. The van der Waals surface area contributed by atoms with Gasteiger partial charge < -0.3 is 9.64 Å². The lowest BCUT2D eigenvalue weighted by Gasteiger charge is -2.33. The molecule has 108 valence electrons. The van der Waals surface area contributed by atoms with E-state index in [9.17, 15) is 0 Å². The second kappa shape index (κ2) is 9.76. The summed E-state index contributed by atoms with van der Waals surface area (Å²) in [5.74, 6) is 0. The van der Waals surface area contributed by atoms with Crippen molar-refractivity contribution in [3.05, 3.63) is 0 Å². The monoisotopic (exact) mass is 256 g/mol. The molecular formula is C15H32N2O. The van der Waals surface area contributed by atoms with Gasteiger partial charge in [0.25, 0.3) is 0 Å². The van der Waals surface area contributed by atoms with E-state index in [1.165, 1.54) is 51.7 Å². The largest absolute Gasteiger partial charge is 0.376 e. The van der Waals surface area contributed by atoms with Gasteiger partial charge in [0.1, 0.15) is 0 Å². The van der Waals surface area contributed by atoms with Crippen molar-refractivity contribution < 1.29 is 4.74 Å². The molecule has 18 heavy (non-hydrogen) atoms. The van der Waals surface area contributed by atoms with Crippen LogP contribution in [0.25, 0.3) is 0 Å². The summed E-state index contributed by atoms with van der Waals surface area (Å²) in [6.07, 6.45) is 6.85. The molecule has 1 rings (SSSR count). The standard InChI is InChI=1S/C15H32N2O/c1-4-6-9-16(3)11-8-15-14-17(10-7-5-2)12-13-18-15/h15H,4-14H2,1-3H3/t15-/m0/s1. The van der Waals surface area contributed by atoms with Crippen molar-refractivity contribution in [3.8, 4) is 0 Å². The molecule has 1 atom stereocenters. The Balaban J connectivity index is 2.13. The van der Waals surface area contributed by atoms with Gasteiger partial charge in [-0.05, 0) is 39.4 Å². The number of rotatable bonds is 9. The lowest BCUT2D eigenvalue weighted by molar-refractivity contribution is -0.0351. The summed E-state index contributed by atoms with van der Waals surface area (Å²) in [6, 6.07) is 0. The van der Waals surface area contributed by atoms with Crippen LogP contribution in [0.3, 0.4) is 0 Å². The third kappa shape index (κ3) is 6.72. The zero-order chi connectivity index (χ0) is 13.2. The summed E-state index contributed by atoms with van der Waals surface area (Å²) in [5, 5.41) is 0. The number of ether oxygens (including phenoxy) is 1. The zero-order valence-electron chi connectivity index (χ0n) is 12.7. The van der Waals surface area contributed by atoms with Gasteiger partial charge in [0.15, 0.2) is 0 Å². The van der Waals surface area contributed by atoms with Crippen molar-refractivity contribution in [2.45, 2.75) is 52.1 Å². The molecule has 0 N–H and O–H groups in total. The first-order valence-electron chi connectivity index (χ1n) is 7.78. The minimum Gasteiger partial charge on any atom is -0.376 e. The van der Waals surface area contributed by atoms with E-state index in [1.807, 2.05) is 0 Å². The number of unbranched alkanes of at least 4 members (excludes halogenated alkanes) is 2. The first kappa shape index (κ1) is 15.9. The van der Waals surface area contributed by atoms with Crippen LogP contribution < -0.4 is 0 Å². The summed E-state index contributed by atoms with van der Waals surface area (Å²) in [7, 11) is 2.23. The number of hydrogen-bond acceptors (Lipinski definition) is 3. The third-order valence-corrected chi connectivity index (χ3v) is 3.78. The van der Waals surface area contributed by atoms with Crippen LogP contribution in [0.5, 0.6) is 0 Å². The lowest BCUT2D eigenvalue weighted by Crippen LogP contribution is -2.43. The predicted molar refractivity (Wildman–Crippen MR) is 78.1 cm³/mol. The SMILES string of the molecule is CCCCN(C)CC[C@H]1CN(CCCC)CCO1. The topological polar surface area (TPSA) is 15.7 Å². The van der Waals surface area contributed by atoms with Gasteiger partial charge in [0.2, 0.25) is 0 Å². The molecule has 0 aromatic rings. The summed E-state index contributed by atoms with van der Waals surface area (Å²) >= 11 is 0. The van der Waals surface area contributed by atoms with Crippen molar-refractivity contribution in [1.29, 1.82) is 0 Å². The first-order chi connectivity index (χ1) is 8.76. The fraction of sp³-hybridized carbons (Fsp3) is 1.00. The highest BCUT2D eigenvalue weighted by molar-refractivity contribution is 4.72. The second-order valence-electron chi connectivity index (χ2n) is 5.59. The molecule has 1 saturated heterocycles. The zero-order valence-corrected chi connectivity index (χ0v) is 12.7. The molecule has 0 aliphatic carbocycles. The van der Waals surface area contributed by atoms with Crippen LogP contribution in [0.1, 0.15) is 46.0 Å². The molecule has 1 fully saturated rings. The van der Waals surface area contributed by atoms with E-state index >= 15 is 0 Å². The smallest absolute Gasteiger partial charge is 0.0714 e. The van der Waals surface area contributed by atoms with Crippen molar-refractivity contribution >= 4 is 0 Å². The molecule has 0 saturated carbocycles. The molecule has 1 heterocycles. The highest BCUT2D eigenvalue weighted by Crippen LogP contribution is 2.10. The molecule has 3 heteroatoms. The molecule has 0 amide bonds. The van der Waals surface area contributed by atoms with Gasteiger partial charge in [-0.15, -0.1) is 0 Å². The molecule has 1 aliphatic heterocycles. The Hall–Kier alpha value is -0.120. The predicted octanol–water partition coefficient (Wildman–Crippen LogP) is 2.61. The lowest BCUT2D eigenvalue weighted by atomic mass is 10.2. The fourth-order valence-corrected chi connectivity index (χ4v) is 2.44. The summed E-state index contributed by atoms with van der Waals surface area (Å²) < 4.78 is 5.87. The molecular weight excluding hydrogens is 224 g/mol. The molecule has 3 nitrogen and oxygen atoms in total. The van der Waals surface area contributed by atoms with Gasteiger partial charge in [0.05, 0.1) is 12.7 Å². The van der Waals surface area contributed by atoms with E-state index in [2.05, 4.69) is 30.7 Å². The molecule has 0 aromatic heterocycles. The van der Waals surface area contributed by atoms with E-state index in [1.54, 1.807) is 0 Å². The molecule has 1 aliphatic rings. The van der Waals surface area contributed by atoms with Crippen molar-refractivity contribution in [2.75, 3.05) is 46.4 Å². The fourth-order valence-electron chi connectivity index (χ4n) is 2.44. The maximum absolute atomic E-state index is 5.87. The van der Waals surface area contributed by atoms with Crippen LogP contribution in [0.4, 0.5) is 0 Å². The number of nitrogens with zero attached hydrogens (tertiary/aromatic N) is 2. The van der Waals surface area contributed by atoms with Gasteiger partial charge in [-0.25, -0.2) is 0 Å². The maximum Gasteiger partial charge on any atom is 0.0714 e. The number of morpholine rings is 1. The second-order valence-corrected chi connectivity index (χ2v) is 5.59. The van der Waals surface area contributed by atoms with Crippen molar-refractivity contribution in [1.82, 2.24) is 9.80 Å². The van der Waals surface area contributed by atoms with Gasteiger partial charge >= 0.3 is 0 Å². The minimum atomic E-state index is 0.458. The van der Waals surface area contributed by atoms with E-state index in [0.717, 1.165) is 19.7 Å². The molecule has 0 unspecified atom stereocenters. The van der Waals surface area contributed by atoms with Crippen LogP contribution >= 0.6 is 0 Å². The normalized spacial score (nSPS) is 21.7. The Bertz CT molecular complexity index is 199. The Morgan fingerprint density at radius 1 is 1.17 bits per heavy atom. The molecule has 0 aromatic carbocycles. The average molecular weight is 256 g/mol. The van der Waals surface area contributed by atoms with Gasteiger partial charge in [-0.1, -0.05) is 26.7 Å². The van der Waals surface area contributed by atoms with Crippen LogP contribution in [-0.2, 0) is 4.74 Å². The minimum absolute atomic E-state index is 0.458. The van der Waals surface area contributed by atoms with Gasteiger partial charge in [-0.2, -0.15) is 0 Å².